The van der Waals surface area contributed by atoms with Gasteiger partial charge in [-0.15, -0.1) is 0 Å². The van der Waals surface area contributed by atoms with Crippen LogP contribution in [0.3, 0.4) is 0 Å². The summed E-state index contributed by atoms with van der Waals surface area (Å²) in [6.45, 7) is 2.70. The van der Waals surface area contributed by atoms with Crippen molar-refractivity contribution in [2.24, 2.45) is 0 Å². The zero-order valence-corrected chi connectivity index (χ0v) is 11.7. The third-order valence-electron chi connectivity index (χ3n) is 3.72. The minimum absolute atomic E-state index is 0.0435. The third-order valence-corrected chi connectivity index (χ3v) is 3.72. The van der Waals surface area contributed by atoms with E-state index in [2.05, 4.69) is 20.2 Å². The predicted octanol–water partition coefficient (Wildman–Crippen LogP) is 1.46. The molecule has 3 rings (SSSR count). The van der Waals surface area contributed by atoms with Gasteiger partial charge >= 0.3 is 0 Å². The fourth-order valence-electron chi connectivity index (χ4n) is 2.55. The Balaban J connectivity index is 1.46. The van der Waals surface area contributed by atoms with Crippen LogP contribution in [0.1, 0.15) is 28.9 Å². The molecule has 1 N–H and O–H groups in total. The molecule has 2 aromatic rings. The van der Waals surface area contributed by atoms with Crippen LogP contribution in [-0.4, -0.2) is 39.9 Å². The Morgan fingerprint density at radius 3 is 2.95 bits per heavy atom. The Bertz CT molecular complexity index is 563. The molecule has 21 heavy (non-hydrogen) atoms. The molecule has 0 spiro atoms. The number of nitrogens with zero attached hydrogens (tertiary/aromatic N) is 3. The molecule has 2 aromatic heterocycles. The van der Waals surface area contributed by atoms with Crippen molar-refractivity contribution in [3.8, 4) is 0 Å². The maximum absolute atomic E-state index is 12.1. The van der Waals surface area contributed by atoms with Crippen LogP contribution in [0.15, 0.2) is 41.6 Å². The van der Waals surface area contributed by atoms with Crippen LogP contribution in [0.4, 0.5) is 0 Å². The molecule has 0 saturated carbocycles. The summed E-state index contributed by atoms with van der Waals surface area (Å²) < 4.78 is 4.98. The lowest BCUT2D eigenvalue weighted by Crippen LogP contribution is -2.44. The van der Waals surface area contributed by atoms with Gasteiger partial charge in [0.15, 0.2) is 6.39 Å². The Hall–Kier alpha value is -2.21. The summed E-state index contributed by atoms with van der Waals surface area (Å²) in [7, 11) is 0. The van der Waals surface area contributed by atoms with Crippen molar-refractivity contribution in [2.75, 3.05) is 13.1 Å². The molecule has 0 aromatic carbocycles. The number of oxazole rings is 1. The summed E-state index contributed by atoms with van der Waals surface area (Å²) in [5, 5.41) is 3.07. The van der Waals surface area contributed by atoms with Gasteiger partial charge < -0.3 is 9.73 Å². The molecule has 0 aliphatic carbocycles. The van der Waals surface area contributed by atoms with Crippen LogP contribution in [-0.2, 0) is 6.54 Å². The molecule has 1 fully saturated rings. The third kappa shape index (κ3) is 3.66. The summed E-state index contributed by atoms with van der Waals surface area (Å²) in [6.07, 6.45) is 8.29. The van der Waals surface area contributed by atoms with Gasteiger partial charge in [0.05, 0.1) is 11.3 Å². The number of rotatable bonds is 4. The summed E-state index contributed by atoms with van der Waals surface area (Å²) in [5.41, 5.74) is 1.57. The fraction of sp³-hybridized carbons (Fsp3) is 0.400. The standard InChI is InChI=1S/C15H18N4O2/c20-15(12-2-1-5-16-8-12)18-13-3-6-19(7-4-13)9-14-10-21-11-17-14/h1-2,5,8,10-11,13H,3-4,6-7,9H2,(H,18,20). The number of hydrogen-bond donors (Lipinski definition) is 1. The minimum Gasteiger partial charge on any atom is -0.451 e. The van der Waals surface area contributed by atoms with Crippen molar-refractivity contribution >= 4 is 5.91 Å². The number of aromatic nitrogens is 2. The number of carbonyl (C=O) groups excluding carboxylic acids is 1. The van der Waals surface area contributed by atoms with Crippen molar-refractivity contribution in [1.29, 1.82) is 0 Å². The van der Waals surface area contributed by atoms with Crippen molar-refractivity contribution in [3.63, 3.8) is 0 Å². The van der Waals surface area contributed by atoms with E-state index in [1.165, 1.54) is 6.39 Å². The molecule has 110 valence electrons. The number of amides is 1. The normalized spacial score (nSPS) is 16.8. The first kappa shape index (κ1) is 13.8. The molecule has 1 aliphatic heterocycles. The Morgan fingerprint density at radius 2 is 2.29 bits per heavy atom. The van der Waals surface area contributed by atoms with Crippen molar-refractivity contribution in [2.45, 2.75) is 25.4 Å². The van der Waals surface area contributed by atoms with E-state index in [-0.39, 0.29) is 11.9 Å². The van der Waals surface area contributed by atoms with Crippen LogP contribution < -0.4 is 5.32 Å². The number of piperidine rings is 1. The lowest BCUT2D eigenvalue weighted by Gasteiger charge is -2.31. The summed E-state index contributed by atoms with van der Waals surface area (Å²) in [6, 6.07) is 3.78. The highest BCUT2D eigenvalue weighted by Crippen LogP contribution is 2.13. The highest BCUT2D eigenvalue weighted by Gasteiger charge is 2.21. The van der Waals surface area contributed by atoms with E-state index < -0.39 is 0 Å². The van der Waals surface area contributed by atoms with E-state index >= 15 is 0 Å². The predicted molar refractivity (Wildman–Crippen MR) is 76.5 cm³/mol. The molecule has 6 heteroatoms. The van der Waals surface area contributed by atoms with Gasteiger partial charge in [0, 0.05) is 38.1 Å². The van der Waals surface area contributed by atoms with Gasteiger partial charge in [-0.1, -0.05) is 0 Å². The molecule has 6 nitrogen and oxygen atoms in total. The van der Waals surface area contributed by atoms with Crippen molar-refractivity contribution < 1.29 is 9.21 Å². The molecular weight excluding hydrogens is 268 g/mol. The number of pyridine rings is 1. The van der Waals surface area contributed by atoms with E-state index in [9.17, 15) is 4.79 Å². The van der Waals surface area contributed by atoms with Crippen molar-refractivity contribution in [3.05, 3.63) is 48.4 Å². The smallest absolute Gasteiger partial charge is 0.253 e. The van der Waals surface area contributed by atoms with E-state index in [0.29, 0.717) is 5.56 Å². The molecular formula is C15H18N4O2. The molecule has 1 saturated heterocycles. The Morgan fingerprint density at radius 1 is 1.43 bits per heavy atom. The van der Waals surface area contributed by atoms with Gasteiger partial charge in [-0.25, -0.2) is 4.98 Å². The number of carbonyl (C=O) groups is 1. The summed E-state index contributed by atoms with van der Waals surface area (Å²) >= 11 is 0. The minimum atomic E-state index is -0.0435. The molecule has 3 heterocycles. The maximum atomic E-state index is 12.1. The average Bonchev–Trinajstić information content (AvgIpc) is 3.03. The molecule has 0 atom stereocenters. The number of nitrogens with one attached hydrogen (secondary N) is 1. The van der Waals surface area contributed by atoms with Gasteiger partial charge in [-0.3, -0.25) is 14.7 Å². The quantitative estimate of drug-likeness (QED) is 0.921. The Labute approximate surface area is 123 Å². The van der Waals surface area contributed by atoms with Crippen LogP contribution in [0.5, 0.6) is 0 Å². The lowest BCUT2D eigenvalue weighted by atomic mass is 10.0. The lowest BCUT2D eigenvalue weighted by molar-refractivity contribution is 0.0908. The maximum Gasteiger partial charge on any atom is 0.253 e. The first-order valence-electron chi connectivity index (χ1n) is 7.11. The second kappa shape index (κ2) is 6.49. The monoisotopic (exact) mass is 286 g/mol. The summed E-state index contributed by atoms with van der Waals surface area (Å²) in [4.78, 5) is 22.5. The van der Waals surface area contributed by atoms with Crippen LogP contribution in [0, 0.1) is 0 Å². The van der Waals surface area contributed by atoms with Gasteiger partial charge in [0.2, 0.25) is 0 Å². The van der Waals surface area contributed by atoms with E-state index in [1.807, 2.05) is 0 Å². The SMILES string of the molecule is O=C(NC1CCN(Cc2cocn2)CC1)c1cccnc1. The molecule has 1 aliphatic rings. The van der Waals surface area contributed by atoms with Crippen LogP contribution in [0.25, 0.3) is 0 Å². The van der Waals surface area contributed by atoms with Gasteiger partial charge in [-0.05, 0) is 25.0 Å². The van der Waals surface area contributed by atoms with E-state index in [4.69, 9.17) is 4.42 Å². The fourth-order valence-corrected chi connectivity index (χ4v) is 2.55. The van der Waals surface area contributed by atoms with E-state index in [1.54, 1.807) is 30.8 Å². The van der Waals surface area contributed by atoms with Gasteiger partial charge in [-0.2, -0.15) is 0 Å². The molecule has 0 radical (unpaired) electrons. The zero-order valence-electron chi connectivity index (χ0n) is 11.7. The summed E-state index contributed by atoms with van der Waals surface area (Å²) in [5.74, 6) is -0.0435. The number of hydrogen-bond acceptors (Lipinski definition) is 5. The second-order valence-corrected chi connectivity index (χ2v) is 5.25. The Kier molecular flexibility index (Phi) is 4.25. The molecule has 0 unspecified atom stereocenters. The van der Waals surface area contributed by atoms with Gasteiger partial charge in [0.1, 0.15) is 6.26 Å². The second-order valence-electron chi connectivity index (χ2n) is 5.25. The van der Waals surface area contributed by atoms with Crippen LogP contribution in [0.2, 0.25) is 0 Å². The number of likely N-dealkylation sites (tertiary alicyclic amines) is 1. The first-order chi connectivity index (χ1) is 10.3. The largest absolute Gasteiger partial charge is 0.451 e. The highest BCUT2D eigenvalue weighted by molar-refractivity contribution is 5.93. The van der Waals surface area contributed by atoms with Gasteiger partial charge in [0.25, 0.3) is 5.91 Å². The topological polar surface area (TPSA) is 71.3 Å². The van der Waals surface area contributed by atoms with Crippen molar-refractivity contribution in [1.82, 2.24) is 20.2 Å². The zero-order chi connectivity index (χ0) is 14.5. The highest BCUT2D eigenvalue weighted by atomic mass is 16.3. The first-order valence-corrected chi connectivity index (χ1v) is 7.11. The van der Waals surface area contributed by atoms with E-state index in [0.717, 1.165) is 38.2 Å². The molecule has 0 bridgehead atoms. The van der Waals surface area contributed by atoms with Crippen LogP contribution >= 0.6 is 0 Å². The molecule has 1 amide bonds. The average molecular weight is 286 g/mol.